The maximum atomic E-state index is 12.3. The Balaban J connectivity index is 1.44. The van der Waals surface area contributed by atoms with Crippen molar-refractivity contribution in [3.05, 3.63) is 64.9 Å². The Morgan fingerprint density at radius 3 is 2.79 bits per heavy atom. The largest absolute Gasteiger partial charge is 0.454 e. The highest BCUT2D eigenvalue weighted by Gasteiger charge is 2.17. The van der Waals surface area contributed by atoms with E-state index in [1.54, 1.807) is 23.0 Å². The number of fused-ring (bicyclic) bond motifs is 1. The molecular weight excluding hydrogens is 394 g/mol. The van der Waals surface area contributed by atoms with E-state index in [1.807, 2.05) is 30.3 Å². The van der Waals surface area contributed by atoms with Crippen molar-refractivity contribution < 1.29 is 19.0 Å². The van der Waals surface area contributed by atoms with Crippen molar-refractivity contribution in [2.45, 2.75) is 26.3 Å². The molecule has 8 heteroatoms. The molecule has 2 heterocycles. The van der Waals surface area contributed by atoms with Crippen LogP contribution < -0.4 is 19.5 Å². The third-order valence-electron chi connectivity index (χ3n) is 4.47. The van der Waals surface area contributed by atoms with E-state index in [0.717, 1.165) is 23.4 Å². The Kier molecular flexibility index (Phi) is 5.57. The van der Waals surface area contributed by atoms with Gasteiger partial charge >= 0.3 is 6.09 Å². The van der Waals surface area contributed by atoms with E-state index in [0.29, 0.717) is 35.2 Å². The molecule has 1 aromatic heterocycles. The van der Waals surface area contributed by atoms with Gasteiger partial charge in [0.1, 0.15) is 0 Å². The van der Waals surface area contributed by atoms with Crippen molar-refractivity contribution in [1.29, 1.82) is 0 Å². The quantitative estimate of drug-likeness (QED) is 0.644. The number of amides is 1. The van der Waals surface area contributed by atoms with Gasteiger partial charge in [0.15, 0.2) is 17.2 Å². The number of halogens is 1. The van der Waals surface area contributed by atoms with E-state index < -0.39 is 6.09 Å². The van der Waals surface area contributed by atoms with Crippen LogP contribution in [0.1, 0.15) is 24.6 Å². The molecule has 0 unspecified atom stereocenters. The second-order valence-electron chi connectivity index (χ2n) is 6.52. The number of nitrogens with zero attached hydrogens (tertiary/aromatic N) is 2. The van der Waals surface area contributed by atoms with Crippen LogP contribution in [0.3, 0.4) is 0 Å². The summed E-state index contributed by atoms with van der Waals surface area (Å²) < 4.78 is 17.9. The highest BCUT2D eigenvalue weighted by molar-refractivity contribution is 6.30. The van der Waals surface area contributed by atoms with Crippen LogP contribution in [0.2, 0.25) is 5.02 Å². The Bertz CT molecular complexity index is 1020. The first-order chi connectivity index (χ1) is 14.1. The third-order valence-corrected chi connectivity index (χ3v) is 4.72. The fourth-order valence-corrected chi connectivity index (χ4v) is 3.20. The Hall–Kier alpha value is -3.19. The molecule has 0 spiro atoms. The van der Waals surface area contributed by atoms with Gasteiger partial charge in [-0.3, -0.25) is 0 Å². The van der Waals surface area contributed by atoms with Crippen LogP contribution in [0, 0.1) is 0 Å². The summed E-state index contributed by atoms with van der Waals surface area (Å²) in [6.45, 7) is 2.58. The van der Waals surface area contributed by atoms with Crippen LogP contribution in [0.4, 0.5) is 4.79 Å². The number of ether oxygens (including phenoxy) is 3. The number of carbonyl (C=O) groups is 1. The number of hydrogen-bond acceptors (Lipinski definition) is 5. The predicted molar refractivity (Wildman–Crippen MR) is 108 cm³/mol. The molecule has 3 aromatic rings. The maximum absolute atomic E-state index is 12.3. The molecule has 2 aromatic carbocycles. The zero-order valence-electron chi connectivity index (χ0n) is 15.9. The highest BCUT2D eigenvalue weighted by Crippen LogP contribution is 2.32. The first-order valence-electron chi connectivity index (χ1n) is 9.31. The second kappa shape index (κ2) is 8.45. The van der Waals surface area contributed by atoms with Crippen LogP contribution in [0.15, 0.2) is 48.7 Å². The summed E-state index contributed by atoms with van der Waals surface area (Å²) in [5.41, 5.74) is 2.57. The summed E-state index contributed by atoms with van der Waals surface area (Å²) in [4.78, 5) is 12.3. The van der Waals surface area contributed by atoms with Gasteiger partial charge in [0.05, 0.1) is 17.6 Å². The third kappa shape index (κ3) is 4.30. The van der Waals surface area contributed by atoms with E-state index in [1.165, 1.54) is 0 Å². The van der Waals surface area contributed by atoms with Crippen molar-refractivity contribution in [3.63, 3.8) is 0 Å². The molecule has 0 aliphatic carbocycles. The topological polar surface area (TPSA) is 74.6 Å². The summed E-state index contributed by atoms with van der Waals surface area (Å²) in [7, 11) is 0. The van der Waals surface area contributed by atoms with Gasteiger partial charge in [0, 0.05) is 11.6 Å². The Morgan fingerprint density at radius 1 is 1.21 bits per heavy atom. The summed E-state index contributed by atoms with van der Waals surface area (Å²) >= 11 is 5.97. The van der Waals surface area contributed by atoms with Gasteiger partial charge in [-0.05, 0) is 48.4 Å². The van der Waals surface area contributed by atoms with Gasteiger partial charge in [0.25, 0.3) is 0 Å². The minimum atomic E-state index is -0.546. The molecule has 1 aliphatic heterocycles. The first-order valence-corrected chi connectivity index (χ1v) is 9.69. The summed E-state index contributed by atoms with van der Waals surface area (Å²) in [5, 5.41) is 7.79. The SMILES string of the molecule is CCCc1c(OC(=O)NCc2ccc3c(c2)OCO3)cnn1-c1ccc(Cl)cc1. The molecule has 4 rings (SSSR count). The highest BCUT2D eigenvalue weighted by atomic mass is 35.5. The lowest BCUT2D eigenvalue weighted by Crippen LogP contribution is -2.26. The molecule has 0 bridgehead atoms. The van der Waals surface area contributed by atoms with Crippen LogP contribution in [0.5, 0.6) is 17.2 Å². The van der Waals surface area contributed by atoms with Crippen molar-refractivity contribution in [1.82, 2.24) is 15.1 Å². The van der Waals surface area contributed by atoms with Crippen LogP contribution >= 0.6 is 11.6 Å². The fraction of sp³-hybridized carbons (Fsp3) is 0.238. The van der Waals surface area contributed by atoms with E-state index in [2.05, 4.69) is 17.3 Å². The molecular formula is C21H20ClN3O4. The minimum absolute atomic E-state index is 0.214. The average Bonchev–Trinajstić information content (AvgIpc) is 3.34. The van der Waals surface area contributed by atoms with Gasteiger partial charge < -0.3 is 19.5 Å². The minimum Gasteiger partial charge on any atom is -0.454 e. The monoisotopic (exact) mass is 413 g/mol. The van der Waals surface area contributed by atoms with E-state index in [4.69, 9.17) is 25.8 Å². The molecule has 0 saturated carbocycles. The number of carbonyl (C=O) groups excluding carboxylic acids is 1. The zero-order valence-corrected chi connectivity index (χ0v) is 16.6. The number of aromatic nitrogens is 2. The number of nitrogens with one attached hydrogen (secondary N) is 1. The lowest BCUT2D eigenvalue weighted by molar-refractivity contribution is 0.174. The van der Waals surface area contributed by atoms with Gasteiger partial charge in [-0.25, -0.2) is 9.48 Å². The van der Waals surface area contributed by atoms with Crippen LogP contribution in [0.25, 0.3) is 5.69 Å². The maximum Gasteiger partial charge on any atom is 0.412 e. The fourth-order valence-electron chi connectivity index (χ4n) is 3.08. The normalized spacial score (nSPS) is 12.1. The van der Waals surface area contributed by atoms with Crippen LogP contribution in [-0.2, 0) is 13.0 Å². The molecule has 150 valence electrons. The number of hydrogen-bond donors (Lipinski definition) is 1. The molecule has 1 aliphatic rings. The van der Waals surface area contributed by atoms with E-state index in [-0.39, 0.29) is 6.79 Å². The number of rotatable bonds is 6. The molecule has 0 radical (unpaired) electrons. The molecule has 0 saturated heterocycles. The van der Waals surface area contributed by atoms with E-state index in [9.17, 15) is 4.79 Å². The molecule has 1 N–H and O–H groups in total. The van der Waals surface area contributed by atoms with E-state index >= 15 is 0 Å². The van der Waals surface area contributed by atoms with Crippen molar-refractivity contribution in [2.75, 3.05) is 6.79 Å². The second-order valence-corrected chi connectivity index (χ2v) is 6.96. The average molecular weight is 414 g/mol. The molecule has 1 amide bonds. The molecule has 29 heavy (non-hydrogen) atoms. The summed E-state index contributed by atoms with van der Waals surface area (Å²) in [6.07, 6.45) is 2.61. The molecule has 0 atom stereocenters. The Morgan fingerprint density at radius 2 is 2.00 bits per heavy atom. The lowest BCUT2D eigenvalue weighted by atomic mass is 10.2. The first kappa shape index (κ1) is 19.1. The Labute approximate surface area is 173 Å². The standard InChI is InChI=1S/C21H20ClN3O4/c1-2-3-17-20(12-24-25(17)16-7-5-15(22)6-8-16)29-21(26)23-11-14-4-9-18-19(10-14)28-13-27-18/h4-10,12H,2-3,11,13H2,1H3,(H,23,26). The molecule has 0 fully saturated rings. The molecule has 7 nitrogen and oxygen atoms in total. The predicted octanol–water partition coefficient (Wildman–Crippen LogP) is 4.50. The van der Waals surface area contributed by atoms with Crippen LogP contribution in [-0.4, -0.2) is 22.7 Å². The lowest BCUT2D eigenvalue weighted by Gasteiger charge is -2.10. The summed E-state index contributed by atoms with van der Waals surface area (Å²) in [5.74, 6) is 1.81. The number of benzene rings is 2. The smallest absolute Gasteiger partial charge is 0.412 e. The zero-order chi connectivity index (χ0) is 20.2. The van der Waals surface area contributed by atoms with Crippen molar-refractivity contribution >= 4 is 17.7 Å². The van der Waals surface area contributed by atoms with Gasteiger partial charge in [-0.2, -0.15) is 5.10 Å². The summed E-state index contributed by atoms with van der Waals surface area (Å²) in [6, 6.07) is 12.9. The van der Waals surface area contributed by atoms with Gasteiger partial charge in [-0.1, -0.05) is 31.0 Å². The van der Waals surface area contributed by atoms with Crippen molar-refractivity contribution in [2.24, 2.45) is 0 Å². The van der Waals surface area contributed by atoms with Gasteiger partial charge in [-0.15, -0.1) is 0 Å². The van der Waals surface area contributed by atoms with Gasteiger partial charge in [0.2, 0.25) is 6.79 Å². The van der Waals surface area contributed by atoms with Crippen molar-refractivity contribution in [3.8, 4) is 22.9 Å².